The fourth-order valence-corrected chi connectivity index (χ4v) is 3.89. The summed E-state index contributed by atoms with van der Waals surface area (Å²) in [7, 11) is 0. The van der Waals surface area contributed by atoms with E-state index in [1.54, 1.807) is 4.90 Å². The zero-order chi connectivity index (χ0) is 22.7. The van der Waals surface area contributed by atoms with Gasteiger partial charge < -0.3 is 15.1 Å². The van der Waals surface area contributed by atoms with Crippen molar-refractivity contribution in [1.82, 2.24) is 20.0 Å². The van der Waals surface area contributed by atoms with Gasteiger partial charge in [-0.05, 0) is 43.7 Å². The van der Waals surface area contributed by atoms with Crippen molar-refractivity contribution in [3.8, 4) is 0 Å². The zero-order valence-electron chi connectivity index (χ0n) is 20.7. The lowest BCUT2D eigenvalue weighted by atomic mass is 9.97. The third-order valence-corrected chi connectivity index (χ3v) is 5.52. The highest BCUT2D eigenvalue weighted by Crippen LogP contribution is 2.24. The van der Waals surface area contributed by atoms with Crippen LogP contribution in [0.5, 0.6) is 0 Å². The van der Waals surface area contributed by atoms with E-state index in [0.29, 0.717) is 24.9 Å². The number of hydrogen-bond donors (Lipinski definition) is 1. The minimum Gasteiger partial charge on any atom is -0.337 e. The molecule has 3 rings (SSSR count). The molecule has 0 aromatic carbocycles. The van der Waals surface area contributed by atoms with Gasteiger partial charge in [0.05, 0.1) is 13.1 Å². The summed E-state index contributed by atoms with van der Waals surface area (Å²) in [6.07, 6.45) is 5.02. The van der Waals surface area contributed by atoms with E-state index in [0.717, 1.165) is 44.9 Å². The Morgan fingerprint density at radius 3 is 2.00 bits per heavy atom. The number of nitrogens with one attached hydrogen (secondary N) is 1. The average Bonchev–Trinajstić information content (AvgIpc) is 2.97. The number of nitrogens with zero attached hydrogens (tertiary/aromatic N) is 3. The van der Waals surface area contributed by atoms with Crippen molar-refractivity contribution in [1.29, 1.82) is 0 Å². The standard InChI is InChI=1S/C16H28N4O2.2C4H10/c1-12(2)7-18-10-16(22)20-11-15(21)19(9-14(18)20)8-13-3-5-17-6-4-13;1-4(2)3;1-3-4-2/h12-14,17H,3-11H2,1-2H3;4H,1-3H3;3-4H2,1-2H3. The first-order valence-electron chi connectivity index (χ1n) is 12.2. The Balaban J connectivity index is 0.000000485. The van der Waals surface area contributed by atoms with Gasteiger partial charge >= 0.3 is 0 Å². The molecule has 0 aromatic heterocycles. The van der Waals surface area contributed by atoms with Gasteiger partial charge in [0.15, 0.2) is 0 Å². The van der Waals surface area contributed by atoms with Crippen LogP contribution in [0.15, 0.2) is 0 Å². The minimum atomic E-state index is 0.0920. The van der Waals surface area contributed by atoms with Crippen molar-refractivity contribution in [2.24, 2.45) is 17.8 Å². The van der Waals surface area contributed by atoms with E-state index in [-0.39, 0.29) is 24.5 Å². The number of unbranched alkanes of at least 4 members (excludes halogenated alkanes) is 1. The number of amides is 2. The van der Waals surface area contributed by atoms with Crippen LogP contribution in [0.2, 0.25) is 0 Å². The van der Waals surface area contributed by atoms with Crippen LogP contribution in [0.3, 0.4) is 0 Å². The lowest BCUT2D eigenvalue weighted by Gasteiger charge is -2.41. The molecule has 1 atom stereocenters. The van der Waals surface area contributed by atoms with Gasteiger partial charge in [0.1, 0.15) is 12.7 Å². The Morgan fingerprint density at radius 2 is 1.50 bits per heavy atom. The quantitative estimate of drug-likeness (QED) is 0.735. The highest BCUT2D eigenvalue weighted by atomic mass is 16.2. The Kier molecular flexibility index (Phi) is 12.6. The SMILES string of the molecule is CC(C)C.CC(C)CN1CC(=O)N2CC(=O)N(CC3CCNCC3)CC12.CCCC. The van der Waals surface area contributed by atoms with Gasteiger partial charge in [-0.25, -0.2) is 0 Å². The van der Waals surface area contributed by atoms with Gasteiger partial charge in [-0.2, -0.15) is 0 Å². The molecule has 1 N–H and O–H groups in total. The van der Waals surface area contributed by atoms with Gasteiger partial charge in [-0.1, -0.05) is 61.3 Å². The summed E-state index contributed by atoms with van der Waals surface area (Å²) >= 11 is 0. The molecule has 176 valence electrons. The molecule has 0 aromatic rings. The third-order valence-electron chi connectivity index (χ3n) is 5.52. The topological polar surface area (TPSA) is 55.9 Å². The molecule has 30 heavy (non-hydrogen) atoms. The van der Waals surface area contributed by atoms with Crippen LogP contribution < -0.4 is 5.32 Å². The van der Waals surface area contributed by atoms with Crippen molar-refractivity contribution in [3.05, 3.63) is 0 Å². The summed E-state index contributed by atoms with van der Waals surface area (Å²) in [4.78, 5) is 30.6. The molecule has 6 heteroatoms. The summed E-state index contributed by atoms with van der Waals surface area (Å²) in [6, 6.07) is 0. The molecule has 1 unspecified atom stereocenters. The summed E-state index contributed by atoms with van der Waals surface area (Å²) in [5.41, 5.74) is 0. The van der Waals surface area contributed by atoms with Crippen molar-refractivity contribution >= 4 is 11.8 Å². The number of carbonyl (C=O) groups excluding carboxylic acids is 2. The molecule has 3 saturated heterocycles. The van der Waals surface area contributed by atoms with Gasteiger partial charge in [0, 0.05) is 13.1 Å². The highest BCUT2D eigenvalue weighted by molar-refractivity contribution is 5.88. The maximum atomic E-state index is 12.4. The Morgan fingerprint density at radius 1 is 0.933 bits per heavy atom. The molecular weight excluding hydrogens is 376 g/mol. The normalized spacial score (nSPS) is 22.6. The summed E-state index contributed by atoms with van der Waals surface area (Å²) in [6.45, 7) is 20.5. The number of piperidine rings is 1. The van der Waals surface area contributed by atoms with Crippen LogP contribution in [0.4, 0.5) is 0 Å². The maximum Gasteiger partial charge on any atom is 0.242 e. The molecule has 0 aliphatic carbocycles. The minimum absolute atomic E-state index is 0.0920. The van der Waals surface area contributed by atoms with Gasteiger partial charge in [-0.3, -0.25) is 14.5 Å². The summed E-state index contributed by atoms with van der Waals surface area (Å²) in [5.74, 6) is 2.20. The second-order valence-electron chi connectivity index (χ2n) is 10.0. The Labute approximate surface area is 185 Å². The van der Waals surface area contributed by atoms with E-state index in [4.69, 9.17) is 0 Å². The van der Waals surface area contributed by atoms with Crippen molar-refractivity contribution in [2.75, 3.05) is 45.8 Å². The molecule has 0 radical (unpaired) electrons. The molecule has 3 heterocycles. The third kappa shape index (κ3) is 9.34. The second kappa shape index (κ2) is 14.0. The largest absolute Gasteiger partial charge is 0.337 e. The predicted octanol–water partition coefficient (Wildman–Crippen LogP) is 3.42. The summed E-state index contributed by atoms with van der Waals surface area (Å²) < 4.78 is 0. The first-order valence-corrected chi connectivity index (χ1v) is 12.2. The van der Waals surface area contributed by atoms with Crippen LogP contribution in [-0.4, -0.2) is 78.5 Å². The van der Waals surface area contributed by atoms with Crippen molar-refractivity contribution in [2.45, 2.75) is 80.3 Å². The second-order valence-corrected chi connectivity index (χ2v) is 10.0. The first-order chi connectivity index (χ1) is 14.2. The Hall–Kier alpha value is -1.14. The van der Waals surface area contributed by atoms with E-state index in [9.17, 15) is 9.59 Å². The number of fused-ring (bicyclic) bond motifs is 1. The number of carbonyl (C=O) groups is 2. The van der Waals surface area contributed by atoms with Gasteiger partial charge in [0.2, 0.25) is 11.8 Å². The number of piperazine rings is 1. The number of hydrogen-bond acceptors (Lipinski definition) is 4. The van der Waals surface area contributed by atoms with E-state index in [1.165, 1.54) is 12.8 Å². The lowest BCUT2D eigenvalue weighted by molar-refractivity contribution is -0.147. The first kappa shape index (κ1) is 26.9. The molecule has 0 saturated carbocycles. The van der Waals surface area contributed by atoms with E-state index in [1.807, 2.05) is 4.90 Å². The van der Waals surface area contributed by atoms with Crippen molar-refractivity contribution < 1.29 is 9.59 Å². The maximum absolute atomic E-state index is 12.4. The molecule has 3 aliphatic heterocycles. The van der Waals surface area contributed by atoms with Crippen molar-refractivity contribution in [3.63, 3.8) is 0 Å². The van der Waals surface area contributed by atoms with Gasteiger partial charge in [-0.15, -0.1) is 0 Å². The molecule has 6 nitrogen and oxygen atoms in total. The molecule has 3 aliphatic rings. The molecule has 0 spiro atoms. The molecule has 3 fully saturated rings. The predicted molar refractivity (Wildman–Crippen MR) is 125 cm³/mol. The Bertz CT molecular complexity index is 499. The van der Waals surface area contributed by atoms with Crippen LogP contribution in [0.25, 0.3) is 0 Å². The van der Waals surface area contributed by atoms with Gasteiger partial charge in [0.25, 0.3) is 0 Å². The highest BCUT2D eigenvalue weighted by Gasteiger charge is 2.44. The van der Waals surface area contributed by atoms with Crippen LogP contribution in [0.1, 0.15) is 74.1 Å². The fourth-order valence-electron chi connectivity index (χ4n) is 3.89. The monoisotopic (exact) mass is 424 g/mol. The molecule has 0 bridgehead atoms. The van der Waals surface area contributed by atoms with Crippen LogP contribution in [0, 0.1) is 17.8 Å². The van der Waals surface area contributed by atoms with Crippen LogP contribution >= 0.6 is 0 Å². The summed E-state index contributed by atoms with van der Waals surface area (Å²) in [5, 5.41) is 3.37. The van der Waals surface area contributed by atoms with E-state index < -0.39 is 0 Å². The lowest BCUT2D eigenvalue weighted by Crippen LogP contribution is -2.59. The van der Waals surface area contributed by atoms with Crippen LogP contribution in [-0.2, 0) is 9.59 Å². The smallest absolute Gasteiger partial charge is 0.242 e. The molecular formula is C24H48N4O2. The van der Waals surface area contributed by atoms with E-state index in [2.05, 4.69) is 58.7 Å². The fraction of sp³-hybridized carbons (Fsp3) is 0.917. The number of rotatable bonds is 5. The average molecular weight is 425 g/mol. The van der Waals surface area contributed by atoms with E-state index >= 15 is 0 Å². The zero-order valence-corrected chi connectivity index (χ0v) is 20.7. The molecule has 2 amide bonds.